The van der Waals surface area contributed by atoms with Gasteiger partial charge < -0.3 is 9.47 Å². The second-order valence-corrected chi connectivity index (χ2v) is 12.6. The molecule has 0 saturated heterocycles. The zero-order chi connectivity index (χ0) is 24.4. The average molecular weight is 471 g/mol. The molecule has 0 amide bonds. The second kappa shape index (κ2) is 6.57. The van der Waals surface area contributed by atoms with Crippen LogP contribution in [0.4, 0.5) is 0 Å². The highest BCUT2D eigenvalue weighted by Gasteiger charge is 2.95. The highest BCUT2D eigenvalue weighted by Crippen LogP contribution is 2.98. The highest BCUT2D eigenvalue weighted by molar-refractivity contribution is 5.90. The number of esters is 2. The van der Waals surface area contributed by atoms with E-state index < -0.39 is 12.2 Å². The van der Waals surface area contributed by atoms with Crippen molar-refractivity contribution in [1.29, 1.82) is 0 Å². The van der Waals surface area contributed by atoms with Gasteiger partial charge in [0.15, 0.2) is 0 Å². The van der Waals surface area contributed by atoms with Gasteiger partial charge in [-0.15, -0.1) is 0 Å². The number of carbonyl (C=O) groups excluding carboxylic acids is 2. The maximum Gasteiger partial charge on any atom is 0.338 e. The molecule has 2 bridgehead atoms. The molecule has 35 heavy (non-hydrogen) atoms. The van der Waals surface area contributed by atoms with E-state index >= 15 is 0 Å². The van der Waals surface area contributed by atoms with Gasteiger partial charge >= 0.3 is 11.9 Å². The van der Waals surface area contributed by atoms with Crippen LogP contribution in [0.25, 0.3) is 0 Å². The van der Waals surface area contributed by atoms with Crippen LogP contribution in [-0.4, -0.2) is 24.1 Å². The monoisotopic (exact) mass is 470 g/mol. The summed E-state index contributed by atoms with van der Waals surface area (Å²) < 4.78 is 12.6. The summed E-state index contributed by atoms with van der Waals surface area (Å²) in [6, 6.07) is 18.4. The molecule has 0 aliphatic heterocycles. The predicted octanol–water partition coefficient (Wildman–Crippen LogP) is 6.17. The van der Waals surface area contributed by atoms with Crippen LogP contribution in [0, 0.1) is 45.3 Å². The second-order valence-electron chi connectivity index (χ2n) is 12.6. The third-order valence-electron chi connectivity index (χ3n) is 12.4. The number of ether oxygens (including phenoxy) is 2. The molecule has 182 valence electrons. The normalized spacial score (nSPS) is 47.8. The first-order chi connectivity index (χ1) is 16.7. The smallest absolute Gasteiger partial charge is 0.338 e. The van der Waals surface area contributed by atoms with Crippen molar-refractivity contribution >= 4 is 11.9 Å². The molecule has 5 fully saturated rings. The number of carbonyl (C=O) groups is 2. The van der Waals surface area contributed by atoms with Crippen LogP contribution < -0.4 is 0 Å². The Bertz CT molecular complexity index is 1160. The van der Waals surface area contributed by atoms with Gasteiger partial charge in [-0.25, -0.2) is 9.59 Å². The van der Waals surface area contributed by atoms with Crippen LogP contribution >= 0.6 is 0 Å². The first-order valence-corrected chi connectivity index (χ1v) is 13.2. The lowest BCUT2D eigenvalue weighted by atomic mass is 9.47. The quantitative estimate of drug-likeness (QED) is 0.502. The standard InChI is InChI=1S/C31H34O4/c1-28-16-15-20-25(28)29(20,2)31(4)22-17-21(30(28,31)3)23(34-26(32)18-11-7-5-8-12-18)24(22)35-27(33)19-13-9-6-10-14-19/h5-14,20-25H,15-17H2,1-4H3. The molecule has 7 rings (SSSR count). The van der Waals surface area contributed by atoms with E-state index in [0.29, 0.717) is 11.1 Å². The maximum absolute atomic E-state index is 13.3. The summed E-state index contributed by atoms with van der Waals surface area (Å²) in [6.45, 7) is 9.98. The fourth-order valence-electron chi connectivity index (χ4n) is 10.8. The van der Waals surface area contributed by atoms with Gasteiger partial charge in [0, 0.05) is 11.8 Å². The fourth-order valence-corrected chi connectivity index (χ4v) is 10.8. The number of benzene rings is 2. The van der Waals surface area contributed by atoms with Gasteiger partial charge in [0.05, 0.1) is 11.1 Å². The summed E-state index contributed by atoms with van der Waals surface area (Å²) in [5, 5.41) is 0. The predicted molar refractivity (Wildman–Crippen MR) is 132 cm³/mol. The lowest BCUT2D eigenvalue weighted by Crippen LogP contribution is -2.60. The maximum atomic E-state index is 13.3. The molecule has 4 nitrogen and oxygen atoms in total. The Labute approximate surface area is 207 Å². The molecule has 4 heteroatoms. The van der Waals surface area contributed by atoms with E-state index in [1.165, 1.54) is 12.8 Å². The van der Waals surface area contributed by atoms with Crippen molar-refractivity contribution in [2.24, 2.45) is 45.3 Å². The molecule has 2 aromatic rings. The molecule has 0 radical (unpaired) electrons. The number of fused-ring (bicyclic) bond motifs is 8. The number of hydrogen-bond donors (Lipinski definition) is 0. The van der Waals surface area contributed by atoms with Crippen molar-refractivity contribution < 1.29 is 19.1 Å². The van der Waals surface area contributed by atoms with Gasteiger partial charge in [0.1, 0.15) is 12.2 Å². The summed E-state index contributed by atoms with van der Waals surface area (Å²) >= 11 is 0. The van der Waals surface area contributed by atoms with Crippen LogP contribution in [0.5, 0.6) is 0 Å². The van der Waals surface area contributed by atoms with Gasteiger partial charge in [0.25, 0.3) is 0 Å². The van der Waals surface area contributed by atoms with Crippen molar-refractivity contribution in [2.45, 2.75) is 59.2 Å². The zero-order valence-corrected chi connectivity index (χ0v) is 21.0. The molecule has 0 heterocycles. The van der Waals surface area contributed by atoms with Gasteiger partial charge in [-0.1, -0.05) is 64.1 Å². The van der Waals surface area contributed by atoms with E-state index in [9.17, 15) is 9.59 Å². The van der Waals surface area contributed by atoms with Gasteiger partial charge in [-0.3, -0.25) is 0 Å². The lowest BCUT2D eigenvalue weighted by Gasteiger charge is -2.58. The third-order valence-corrected chi connectivity index (χ3v) is 12.4. The molecule has 2 aromatic carbocycles. The van der Waals surface area contributed by atoms with Gasteiger partial charge in [-0.2, -0.15) is 0 Å². The SMILES string of the molecule is CC12CCC3C1C3(C)C1(C)C3CC(C(OC(=O)c4ccccc4)C3OC(=O)c3ccccc3)C21C. The molecule has 0 aromatic heterocycles. The third kappa shape index (κ3) is 2.22. The van der Waals surface area contributed by atoms with E-state index in [1.54, 1.807) is 24.3 Å². The minimum Gasteiger partial charge on any atom is -0.454 e. The Morgan fingerprint density at radius 1 is 0.714 bits per heavy atom. The van der Waals surface area contributed by atoms with E-state index in [1.807, 2.05) is 36.4 Å². The molecular formula is C31H34O4. The summed E-state index contributed by atoms with van der Waals surface area (Å²) in [5.74, 6) is 1.24. The number of hydrogen-bond acceptors (Lipinski definition) is 4. The first kappa shape index (κ1) is 21.6. The topological polar surface area (TPSA) is 52.6 Å². The molecule has 10 atom stereocenters. The van der Waals surface area contributed by atoms with Crippen LogP contribution in [-0.2, 0) is 9.47 Å². The zero-order valence-electron chi connectivity index (χ0n) is 21.0. The summed E-state index contributed by atoms with van der Waals surface area (Å²) in [4.78, 5) is 26.5. The van der Waals surface area contributed by atoms with Crippen molar-refractivity contribution in [3.63, 3.8) is 0 Å². The Balaban J connectivity index is 1.29. The molecule has 5 aliphatic rings. The first-order valence-electron chi connectivity index (χ1n) is 13.2. The minimum absolute atomic E-state index is 0.0500. The van der Waals surface area contributed by atoms with E-state index in [0.717, 1.165) is 18.3 Å². The van der Waals surface area contributed by atoms with E-state index in [4.69, 9.17) is 9.47 Å². The Morgan fingerprint density at radius 3 is 1.71 bits per heavy atom. The van der Waals surface area contributed by atoms with E-state index in [2.05, 4.69) is 27.7 Å². The summed E-state index contributed by atoms with van der Waals surface area (Å²) in [7, 11) is 0. The van der Waals surface area contributed by atoms with Gasteiger partial charge in [-0.05, 0) is 77.0 Å². The van der Waals surface area contributed by atoms with E-state index in [-0.39, 0.29) is 45.4 Å². The van der Waals surface area contributed by atoms with Crippen molar-refractivity contribution in [2.75, 3.05) is 0 Å². The van der Waals surface area contributed by atoms with Crippen LogP contribution in [0.15, 0.2) is 60.7 Å². The van der Waals surface area contributed by atoms with Crippen molar-refractivity contribution in [3.8, 4) is 0 Å². The average Bonchev–Trinajstić information content (AvgIpc) is 3.09. The van der Waals surface area contributed by atoms with Crippen molar-refractivity contribution in [1.82, 2.24) is 0 Å². The Morgan fingerprint density at radius 2 is 1.20 bits per heavy atom. The fraction of sp³-hybridized carbons (Fsp3) is 0.548. The number of rotatable bonds is 4. The van der Waals surface area contributed by atoms with Crippen LogP contribution in [0.3, 0.4) is 0 Å². The highest BCUT2D eigenvalue weighted by atomic mass is 16.6. The molecule has 5 aliphatic carbocycles. The van der Waals surface area contributed by atoms with Crippen LogP contribution in [0.1, 0.15) is 67.7 Å². The molecule has 10 unspecified atom stereocenters. The molecule has 5 saturated carbocycles. The van der Waals surface area contributed by atoms with Crippen LogP contribution in [0.2, 0.25) is 0 Å². The lowest BCUT2D eigenvalue weighted by molar-refractivity contribution is -0.172. The molecular weight excluding hydrogens is 436 g/mol. The Kier molecular flexibility index (Phi) is 4.06. The van der Waals surface area contributed by atoms with Gasteiger partial charge in [0.2, 0.25) is 0 Å². The summed E-state index contributed by atoms with van der Waals surface area (Å²) in [6.07, 6.45) is 2.66. The minimum atomic E-state index is -0.421. The summed E-state index contributed by atoms with van der Waals surface area (Å²) in [5.41, 5.74) is 1.72. The largest absolute Gasteiger partial charge is 0.454 e. The Hall–Kier alpha value is -2.62. The molecule has 0 N–H and O–H groups in total. The van der Waals surface area contributed by atoms with Crippen molar-refractivity contribution in [3.05, 3.63) is 71.8 Å². The molecule has 0 spiro atoms.